The van der Waals surface area contributed by atoms with Crippen LogP contribution >= 0.6 is 0 Å². The quantitative estimate of drug-likeness (QED) is 0.575. The summed E-state index contributed by atoms with van der Waals surface area (Å²) in [5.41, 5.74) is 3.81. The Morgan fingerprint density at radius 3 is 2.59 bits per heavy atom. The predicted octanol–water partition coefficient (Wildman–Crippen LogP) is 3.32. The Hall–Kier alpha value is -3.28. The van der Waals surface area contributed by atoms with E-state index in [4.69, 9.17) is 9.47 Å². The summed E-state index contributed by atoms with van der Waals surface area (Å²) in [6.45, 7) is 4.02. The van der Waals surface area contributed by atoms with Gasteiger partial charge >= 0.3 is 5.97 Å². The first-order chi connectivity index (χ1) is 14.0. The van der Waals surface area contributed by atoms with E-state index in [1.807, 2.05) is 49.4 Å². The van der Waals surface area contributed by atoms with Crippen molar-refractivity contribution < 1.29 is 19.1 Å². The number of rotatable bonds is 8. The van der Waals surface area contributed by atoms with Crippen molar-refractivity contribution >= 4 is 22.8 Å². The van der Waals surface area contributed by atoms with Gasteiger partial charge in [-0.05, 0) is 37.1 Å². The Labute approximate surface area is 170 Å². The number of aromatic amines is 1. The van der Waals surface area contributed by atoms with Gasteiger partial charge in [-0.2, -0.15) is 0 Å². The van der Waals surface area contributed by atoms with Crippen LogP contribution in [0.3, 0.4) is 0 Å². The molecule has 0 bridgehead atoms. The lowest BCUT2D eigenvalue weighted by atomic mass is 10.0. The number of amides is 1. The Kier molecular flexibility index (Phi) is 6.54. The highest BCUT2D eigenvalue weighted by Crippen LogP contribution is 2.28. The zero-order valence-electron chi connectivity index (χ0n) is 17.0. The molecule has 0 fully saturated rings. The first-order valence-electron chi connectivity index (χ1n) is 9.66. The van der Waals surface area contributed by atoms with Crippen molar-refractivity contribution in [3.05, 3.63) is 65.4 Å². The van der Waals surface area contributed by atoms with Gasteiger partial charge in [0.15, 0.2) is 0 Å². The second-order valence-electron chi connectivity index (χ2n) is 6.94. The molecule has 1 amide bonds. The molecule has 2 N–H and O–H groups in total. The van der Waals surface area contributed by atoms with Gasteiger partial charge in [-0.1, -0.05) is 35.9 Å². The van der Waals surface area contributed by atoms with Crippen LogP contribution in [0, 0.1) is 6.92 Å². The molecular weight excluding hydrogens is 368 g/mol. The van der Waals surface area contributed by atoms with Crippen molar-refractivity contribution in [2.45, 2.75) is 32.7 Å². The summed E-state index contributed by atoms with van der Waals surface area (Å²) in [5, 5.41) is 3.71. The van der Waals surface area contributed by atoms with Gasteiger partial charge in [-0.3, -0.25) is 4.79 Å². The topological polar surface area (TPSA) is 80.4 Å². The van der Waals surface area contributed by atoms with Crippen LogP contribution in [-0.4, -0.2) is 36.6 Å². The van der Waals surface area contributed by atoms with Crippen LogP contribution in [0.2, 0.25) is 0 Å². The van der Waals surface area contributed by atoms with E-state index in [2.05, 4.69) is 10.3 Å². The minimum atomic E-state index is -0.739. The van der Waals surface area contributed by atoms with Crippen LogP contribution < -0.4 is 10.1 Å². The Bertz CT molecular complexity index is 992. The van der Waals surface area contributed by atoms with E-state index < -0.39 is 12.0 Å². The van der Waals surface area contributed by atoms with Gasteiger partial charge in [0.25, 0.3) is 0 Å². The van der Waals surface area contributed by atoms with Crippen LogP contribution in [0.4, 0.5) is 0 Å². The number of carbonyl (C=O) groups excluding carboxylic acids is 2. The van der Waals surface area contributed by atoms with Crippen molar-refractivity contribution in [1.82, 2.24) is 10.3 Å². The minimum Gasteiger partial charge on any atom is -0.496 e. The molecule has 3 rings (SSSR count). The lowest BCUT2D eigenvalue weighted by Crippen LogP contribution is -2.44. The number of nitrogens with one attached hydrogen (secondary N) is 2. The Balaban J connectivity index is 1.76. The number of methoxy groups -OCH3 is 1. The summed E-state index contributed by atoms with van der Waals surface area (Å²) in [4.78, 5) is 28.3. The first-order valence-corrected chi connectivity index (χ1v) is 9.66. The highest BCUT2D eigenvalue weighted by molar-refractivity contribution is 5.94. The second-order valence-corrected chi connectivity index (χ2v) is 6.94. The molecule has 6 heteroatoms. The second kappa shape index (κ2) is 9.28. The van der Waals surface area contributed by atoms with Gasteiger partial charge in [-0.25, -0.2) is 4.79 Å². The summed E-state index contributed by atoms with van der Waals surface area (Å²) in [7, 11) is 1.60. The van der Waals surface area contributed by atoms with Gasteiger partial charge in [0.2, 0.25) is 5.91 Å². The zero-order chi connectivity index (χ0) is 20.8. The van der Waals surface area contributed by atoms with Crippen LogP contribution in [-0.2, 0) is 27.2 Å². The fraction of sp³-hybridized carbons (Fsp3) is 0.304. The number of ether oxygens (including phenoxy) is 2. The van der Waals surface area contributed by atoms with E-state index in [1.165, 1.54) is 0 Å². The van der Waals surface area contributed by atoms with E-state index in [9.17, 15) is 9.59 Å². The standard InChI is InChI=1S/C23H26N2O4/c1-4-29-23(27)19(12-16-10-8-15(2)9-11-16)25-21(26)13-17-14-24-18-6-5-7-20(28-3)22(17)18/h5-11,14,19,24H,4,12-13H2,1-3H3,(H,25,26)/t19-/m1/s1. The number of aryl methyl sites for hydroxylation is 1. The average molecular weight is 394 g/mol. The van der Waals surface area contributed by atoms with Crippen molar-refractivity contribution in [3.63, 3.8) is 0 Å². The maximum atomic E-state index is 12.7. The number of fused-ring (bicyclic) bond motifs is 1. The van der Waals surface area contributed by atoms with Gasteiger partial charge in [0, 0.05) is 23.5 Å². The minimum absolute atomic E-state index is 0.129. The number of H-pyrrole nitrogens is 1. The van der Waals surface area contributed by atoms with E-state index in [-0.39, 0.29) is 18.9 Å². The lowest BCUT2D eigenvalue weighted by molar-refractivity contribution is -0.147. The molecule has 0 aliphatic carbocycles. The monoisotopic (exact) mass is 394 g/mol. The third-order valence-corrected chi connectivity index (χ3v) is 4.79. The molecule has 0 spiro atoms. The summed E-state index contributed by atoms with van der Waals surface area (Å²) in [6, 6.07) is 12.8. The van der Waals surface area contributed by atoms with E-state index in [0.29, 0.717) is 12.2 Å². The molecule has 152 valence electrons. The molecule has 1 heterocycles. The number of esters is 1. The van der Waals surface area contributed by atoms with Crippen molar-refractivity contribution in [1.29, 1.82) is 0 Å². The Morgan fingerprint density at radius 1 is 1.14 bits per heavy atom. The summed E-state index contributed by atoms with van der Waals surface area (Å²) in [5.74, 6) is 0.0213. The van der Waals surface area contributed by atoms with Crippen LogP contribution in [0.25, 0.3) is 10.9 Å². The fourth-order valence-corrected chi connectivity index (χ4v) is 3.34. The van der Waals surface area contributed by atoms with Gasteiger partial charge in [0.1, 0.15) is 11.8 Å². The number of hydrogen-bond donors (Lipinski definition) is 2. The highest BCUT2D eigenvalue weighted by Gasteiger charge is 2.23. The molecule has 1 aromatic heterocycles. The molecule has 0 radical (unpaired) electrons. The SMILES string of the molecule is CCOC(=O)[C@@H](Cc1ccc(C)cc1)NC(=O)Cc1c[nH]c2cccc(OC)c12. The highest BCUT2D eigenvalue weighted by atomic mass is 16.5. The van der Waals surface area contributed by atoms with E-state index in [1.54, 1.807) is 20.2 Å². The smallest absolute Gasteiger partial charge is 0.328 e. The van der Waals surface area contributed by atoms with Crippen LogP contribution in [0.5, 0.6) is 5.75 Å². The average Bonchev–Trinajstić information content (AvgIpc) is 3.12. The summed E-state index contributed by atoms with van der Waals surface area (Å²) in [6.07, 6.45) is 2.30. The molecule has 1 atom stereocenters. The van der Waals surface area contributed by atoms with E-state index >= 15 is 0 Å². The largest absolute Gasteiger partial charge is 0.496 e. The summed E-state index contributed by atoms with van der Waals surface area (Å²) >= 11 is 0. The maximum Gasteiger partial charge on any atom is 0.328 e. The molecule has 0 aliphatic rings. The molecule has 0 saturated heterocycles. The van der Waals surface area contributed by atoms with Crippen molar-refractivity contribution in [3.8, 4) is 5.75 Å². The maximum absolute atomic E-state index is 12.7. The number of carbonyl (C=O) groups is 2. The van der Waals surface area contributed by atoms with Gasteiger partial charge in [0.05, 0.1) is 20.1 Å². The third kappa shape index (κ3) is 4.96. The number of aromatic nitrogens is 1. The van der Waals surface area contributed by atoms with Gasteiger partial charge in [-0.15, -0.1) is 0 Å². The number of benzene rings is 2. The fourth-order valence-electron chi connectivity index (χ4n) is 3.34. The van der Waals surface area contributed by atoms with Crippen LogP contribution in [0.15, 0.2) is 48.7 Å². The first kappa shape index (κ1) is 20.5. The third-order valence-electron chi connectivity index (χ3n) is 4.79. The molecule has 0 unspecified atom stereocenters. The molecular formula is C23H26N2O4. The molecule has 2 aromatic carbocycles. The van der Waals surface area contributed by atoms with Crippen molar-refractivity contribution in [2.75, 3.05) is 13.7 Å². The van der Waals surface area contributed by atoms with Gasteiger partial charge < -0.3 is 19.8 Å². The molecule has 3 aromatic rings. The molecule has 6 nitrogen and oxygen atoms in total. The normalized spacial score (nSPS) is 11.8. The lowest BCUT2D eigenvalue weighted by Gasteiger charge is -2.17. The Morgan fingerprint density at radius 2 is 1.90 bits per heavy atom. The summed E-state index contributed by atoms with van der Waals surface area (Å²) < 4.78 is 10.6. The van der Waals surface area contributed by atoms with Crippen LogP contribution in [0.1, 0.15) is 23.6 Å². The number of hydrogen-bond acceptors (Lipinski definition) is 4. The molecule has 29 heavy (non-hydrogen) atoms. The zero-order valence-corrected chi connectivity index (χ0v) is 17.0. The predicted molar refractivity (Wildman–Crippen MR) is 112 cm³/mol. The molecule has 0 aliphatic heterocycles. The van der Waals surface area contributed by atoms with Crippen molar-refractivity contribution in [2.24, 2.45) is 0 Å². The molecule has 0 saturated carbocycles. The van der Waals surface area contributed by atoms with E-state index in [0.717, 1.165) is 27.6 Å².